The molecule has 0 bridgehead atoms. The van der Waals surface area contributed by atoms with Crippen LogP contribution in [0, 0.1) is 11.8 Å². The van der Waals surface area contributed by atoms with Crippen molar-refractivity contribution < 1.29 is 4.74 Å². The Morgan fingerprint density at radius 1 is 1.19 bits per heavy atom. The number of hydrogen-bond donors (Lipinski definition) is 1. The number of benzene rings is 1. The van der Waals surface area contributed by atoms with Crippen molar-refractivity contribution >= 4 is 0 Å². The minimum absolute atomic E-state index is 0.718. The molecule has 0 amide bonds. The van der Waals surface area contributed by atoms with Crippen molar-refractivity contribution in [3.63, 3.8) is 0 Å². The molecule has 0 unspecified atom stereocenters. The van der Waals surface area contributed by atoms with Crippen LogP contribution < -0.4 is 5.32 Å². The molecule has 1 fully saturated rings. The predicted octanol–water partition coefficient (Wildman–Crippen LogP) is 4.18. The van der Waals surface area contributed by atoms with Crippen LogP contribution in [0.1, 0.15) is 50.7 Å². The fourth-order valence-electron chi connectivity index (χ4n) is 2.77. The maximum absolute atomic E-state index is 5.89. The molecule has 2 heteroatoms. The molecule has 0 radical (unpaired) electrons. The molecular weight excluding hydrogens is 258 g/mol. The second-order valence-corrected chi connectivity index (χ2v) is 6.75. The minimum atomic E-state index is 0.718. The van der Waals surface area contributed by atoms with Crippen molar-refractivity contribution in [2.24, 2.45) is 11.8 Å². The molecule has 1 saturated carbocycles. The first kappa shape index (κ1) is 16.5. The molecule has 0 atom stereocenters. The van der Waals surface area contributed by atoms with Crippen LogP contribution in [0.25, 0.3) is 0 Å². The smallest absolute Gasteiger partial charge is 0.0719 e. The highest BCUT2D eigenvalue weighted by Gasteiger charge is 2.16. The quantitative estimate of drug-likeness (QED) is 0.652. The molecule has 0 heterocycles. The van der Waals surface area contributed by atoms with Gasteiger partial charge in [-0.3, -0.25) is 0 Å². The van der Waals surface area contributed by atoms with E-state index in [1.54, 1.807) is 0 Å². The van der Waals surface area contributed by atoms with Crippen LogP contribution in [0.15, 0.2) is 24.3 Å². The summed E-state index contributed by atoms with van der Waals surface area (Å²) in [5, 5.41) is 3.52. The first-order chi connectivity index (χ1) is 10.3. The lowest BCUT2D eigenvalue weighted by molar-refractivity contribution is 0.0945. The van der Waals surface area contributed by atoms with E-state index in [-0.39, 0.29) is 0 Å². The van der Waals surface area contributed by atoms with Crippen molar-refractivity contribution in [1.29, 1.82) is 0 Å². The van der Waals surface area contributed by atoms with Gasteiger partial charge in [0.1, 0.15) is 0 Å². The van der Waals surface area contributed by atoms with E-state index < -0.39 is 0 Å². The third-order valence-electron chi connectivity index (χ3n) is 4.39. The van der Waals surface area contributed by atoms with E-state index in [1.165, 1.54) is 36.8 Å². The standard InChI is InChI=1S/C19H31NO/c1-16(2)14-20-12-10-18-8-3-4-9-19(18)15-21-13-11-17-6-5-7-17/h3-4,8-9,16-17,20H,5-7,10-15H2,1-2H3. The molecule has 1 N–H and O–H groups in total. The van der Waals surface area contributed by atoms with Gasteiger partial charge in [-0.15, -0.1) is 0 Å². The van der Waals surface area contributed by atoms with Gasteiger partial charge in [0.05, 0.1) is 6.61 Å². The molecule has 2 rings (SSSR count). The topological polar surface area (TPSA) is 21.3 Å². The number of hydrogen-bond acceptors (Lipinski definition) is 2. The summed E-state index contributed by atoms with van der Waals surface area (Å²) in [6.45, 7) is 8.34. The maximum atomic E-state index is 5.89. The molecule has 21 heavy (non-hydrogen) atoms. The molecule has 0 aromatic heterocycles. The fourth-order valence-corrected chi connectivity index (χ4v) is 2.77. The zero-order valence-electron chi connectivity index (χ0n) is 13.7. The lowest BCUT2D eigenvalue weighted by Crippen LogP contribution is -2.22. The Labute approximate surface area is 130 Å². The van der Waals surface area contributed by atoms with E-state index >= 15 is 0 Å². The molecule has 1 aromatic carbocycles. The number of rotatable bonds is 10. The first-order valence-electron chi connectivity index (χ1n) is 8.61. The van der Waals surface area contributed by atoms with Gasteiger partial charge in [-0.05, 0) is 48.9 Å². The third kappa shape index (κ3) is 6.19. The van der Waals surface area contributed by atoms with Gasteiger partial charge in [-0.2, -0.15) is 0 Å². The van der Waals surface area contributed by atoms with Crippen molar-refractivity contribution in [2.75, 3.05) is 19.7 Å². The van der Waals surface area contributed by atoms with Crippen LogP contribution >= 0.6 is 0 Å². The van der Waals surface area contributed by atoms with Crippen molar-refractivity contribution in [3.05, 3.63) is 35.4 Å². The van der Waals surface area contributed by atoms with E-state index in [0.717, 1.165) is 44.6 Å². The average Bonchev–Trinajstić information content (AvgIpc) is 2.42. The van der Waals surface area contributed by atoms with E-state index in [2.05, 4.69) is 43.4 Å². The summed E-state index contributed by atoms with van der Waals surface area (Å²) >= 11 is 0. The molecule has 0 aliphatic heterocycles. The lowest BCUT2D eigenvalue weighted by atomic mass is 9.83. The monoisotopic (exact) mass is 289 g/mol. The molecule has 1 aromatic rings. The van der Waals surface area contributed by atoms with Gasteiger partial charge in [0, 0.05) is 6.61 Å². The first-order valence-corrected chi connectivity index (χ1v) is 8.61. The number of nitrogens with one attached hydrogen (secondary N) is 1. The van der Waals surface area contributed by atoms with Gasteiger partial charge in [-0.1, -0.05) is 57.4 Å². The Balaban J connectivity index is 1.68. The Bertz CT molecular complexity index is 398. The Hall–Kier alpha value is -0.860. The zero-order chi connectivity index (χ0) is 14.9. The van der Waals surface area contributed by atoms with E-state index in [1.807, 2.05) is 0 Å². The van der Waals surface area contributed by atoms with Crippen LogP contribution in [0.3, 0.4) is 0 Å². The lowest BCUT2D eigenvalue weighted by Gasteiger charge is -2.25. The highest BCUT2D eigenvalue weighted by atomic mass is 16.5. The van der Waals surface area contributed by atoms with Gasteiger partial charge in [0.15, 0.2) is 0 Å². The van der Waals surface area contributed by atoms with E-state index in [0.29, 0.717) is 0 Å². The Morgan fingerprint density at radius 2 is 1.95 bits per heavy atom. The SMILES string of the molecule is CC(C)CNCCc1ccccc1COCCC1CCC1. The minimum Gasteiger partial charge on any atom is -0.377 e. The average molecular weight is 289 g/mol. The molecule has 1 aliphatic carbocycles. The predicted molar refractivity (Wildman–Crippen MR) is 89.5 cm³/mol. The second-order valence-electron chi connectivity index (χ2n) is 6.75. The van der Waals surface area contributed by atoms with Crippen molar-refractivity contribution in [2.45, 2.75) is 52.6 Å². The van der Waals surface area contributed by atoms with Gasteiger partial charge >= 0.3 is 0 Å². The van der Waals surface area contributed by atoms with E-state index in [9.17, 15) is 0 Å². The fraction of sp³-hybridized carbons (Fsp3) is 0.684. The van der Waals surface area contributed by atoms with Gasteiger partial charge < -0.3 is 10.1 Å². The van der Waals surface area contributed by atoms with Gasteiger partial charge in [-0.25, -0.2) is 0 Å². The largest absolute Gasteiger partial charge is 0.377 e. The summed E-state index contributed by atoms with van der Waals surface area (Å²) in [6, 6.07) is 8.70. The third-order valence-corrected chi connectivity index (χ3v) is 4.39. The Morgan fingerprint density at radius 3 is 2.62 bits per heavy atom. The van der Waals surface area contributed by atoms with E-state index in [4.69, 9.17) is 4.74 Å². The van der Waals surface area contributed by atoms with Gasteiger partial charge in [0.25, 0.3) is 0 Å². The van der Waals surface area contributed by atoms with Crippen LogP contribution in [0.4, 0.5) is 0 Å². The normalized spacial score (nSPS) is 15.4. The van der Waals surface area contributed by atoms with Crippen LogP contribution in [0.2, 0.25) is 0 Å². The second kappa shape index (κ2) is 9.22. The Kier molecular flexibility index (Phi) is 7.25. The molecular formula is C19H31NO. The highest BCUT2D eigenvalue weighted by molar-refractivity contribution is 5.26. The summed E-state index contributed by atoms with van der Waals surface area (Å²) < 4.78 is 5.89. The molecule has 0 spiro atoms. The van der Waals surface area contributed by atoms with Crippen LogP contribution in [-0.4, -0.2) is 19.7 Å². The van der Waals surface area contributed by atoms with Crippen LogP contribution in [-0.2, 0) is 17.8 Å². The zero-order valence-corrected chi connectivity index (χ0v) is 13.7. The highest BCUT2D eigenvalue weighted by Crippen LogP contribution is 2.29. The maximum Gasteiger partial charge on any atom is 0.0719 e. The summed E-state index contributed by atoms with van der Waals surface area (Å²) in [6.07, 6.45) is 6.60. The number of ether oxygens (including phenoxy) is 1. The molecule has 0 saturated heterocycles. The molecule has 118 valence electrons. The summed E-state index contributed by atoms with van der Waals surface area (Å²) in [4.78, 5) is 0. The molecule has 1 aliphatic rings. The van der Waals surface area contributed by atoms with Crippen molar-refractivity contribution in [3.8, 4) is 0 Å². The summed E-state index contributed by atoms with van der Waals surface area (Å²) in [7, 11) is 0. The summed E-state index contributed by atoms with van der Waals surface area (Å²) in [5.74, 6) is 1.66. The van der Waals surface area contributed by atoms with Gasteiger partial charge in [0.2, 0.25) is 0 Å². The molecule has 2 nitrogen and oxygen atoms in total. The summed E-state index contributed by atoms with van der Waals surface area (Å²) in [5.41, 5.74) is 2.79. The van der Waals surface area contributed by atoms with Crippen LogP contribution in [0.5, 0.6) is 0 Å². The van der Waals surface area contributed by atoms with Crippen molar-refractivity contribution in [1.82, 2.24) is 5.32 Å².